The van der Waals surface area contributed by atoms with Gasteiger partial charge in [-0.05, 0) is 33.6 Å². The smallest absolute Gasteiger partial charge is 0.420 e. The SMILES string of the molecule is CONCc1cc(Br)c(O)c(C(F)(F)F)c1. The highest BCUT2D eigenvalue weighted by molar-refractivity contribution is 9.10. The highest BCUT2D eigenvalue weighted by Crippen LogP contribution is 2.40. The minimum atomic E-state index is -4.59. The van der Waals surface area contributed by atoms with Crippen LogP contribution in [0.4, 0.5) is 13.2 Å². The quantitative estimate of drug-likeness (QED) is 0.843. The average Bonchev–Trinajstić information content (AvgIpc) is 2.17. The van der Waals surface area contributed by atoms with Crippen molar-refractivity contribution < 1.29 is 23.1 Å². The number of nitrogens with one attached hydrogen (secondary N) is 1. The minimum absolute atomic E-state index is 0.00442. The van der Waals surface area contributed by atoms with Gasteiger partial charge in [-0.15, -0.1) is 0 Å². The van der Waals surface area contributed by atoms with Crippen molar-refractivity contribution in [2.75, 3.05) is 7.11 Å². The first-order chi connectivity index (χ1) is 7.36. The summed E-state index contributed by atoms with van der Waals surface area (Å²) in [5, 5.41) is 9.26. The lowest BCUT2D eigenvalue weighted by molar-refractivity contribution is -0.138. The number of aromatic hydroxyl groups is 1. The first-order valence-electron chi connectivity index (χ1n) is 4.20. The number of hydrogen-bond donors (Lipinski definition) is 2. The Morgan fingerprint density at radius 1 is 1.44 bits per heavy atom. The van der Waals surface area contributed by atoms with Crippen molar-refractivity contribution in [3.05, 3.63) is 27.7 Å². The third-order valence-corrected chi connectivity index (χ3v) is 2.45. The van der Waals surface area contributed by atoms with E-state index in [4.69, 9.17) is 0 Å². The van der Waals surface area contributed by atoms with Crippen LogP contribution < -0.4 is 5.48 Å². The molecule has 2 N–H and O–H groups in total. The minimum Gasteiger partial charge on any atom is -0.506 e. The number of halogens is 4. The predicted octanol–water partition coefficient (Wildman–Crippen LogP) is 2.82. The van der Waals surface area contributed by atoms with Gasteiger partial charge in [0.1, 0.15) is 5.75 Å². The van der Waals surface area contributed by atoms with E-state index in [0.717, 1.165) is 6.07 Å². The van der Waals surface area contributed by atoms with Gasteiger partial charge in [-0.3, -0.25) is 0 Å². The highest BCUT2D eigenvalue weighted by Gasteiger charge is 2.35. The van der Waals surface area contributed by atoms with Gasteiger partial charge in [0, 0.05) is 6.54 Å². The number of alkyl halides is 3. The van der Waals surface area contributed by atoms with Crippen LogP contribution in [0, 0.1) is 0 Å². The Labute approximate surface area is 98.3 Å². The van der Waals surface area contributed by atoms with Gasteiger partial charge in [0.15, 0.2) is 0 Å². The third kappa shape index (κ3) is 3.10. The van der Waals surface area contributed by atoms with E-state index in [1.807, 2.05) is 0 Å². The Kier molecular flexibility index (Phi) is 4.17. The summed E-state index contributed by atoms with van der Waals surface area (Å²) in [4.78, 5) is 4.53. The molecule has 0 saturated heterocycles. The molecule has 0 radical (unpaired) electrons. The maximum Gasteiger partial charge on any atom is 0.420 e. The number of rotatable bonds is 3. The van der Waals surface area contributed by atoms with E-state index in [2.05, 4.69) is 26.2 Å². The lowest BCUT2D eigenvalue weighted by Crippen LogP contribution is -2.12. The van der Waals surface area contributed by atoms with Gasteiger partial charge >= 0.3 is 6.18 Å². The fourth-order valence-corrected chi connectivity index (χ4v) is 1.64. The molecule has 0 atom stereocenters. The molecule has 7 heteroatoms. The lowest BCUT2D eigenvalue weighted by atomic mass is 10.1. The largest absolute Gasteiger partial charge is 0.506 e. The monoisotopic (exact) mass is 299 g/mol. The molecule has 0 aliphatic carbocycles. The normalized spacial score (nSPS) is 11.8. The molecule has 16 heavy (non-hydrogen) atoms. The molecule has 0 aliphatic rings. The molecule has 1 rings (SSSR count). The summed E-state index contributed by atoms with van der Waals surface area (Å²) >= 11 is 2.86. The van der Waals surface area contributed by atoms with Crippen LogP contribution in [0.3, 0.4) is 0 Å². The molecule has 0 bridgehead atoms. The van der Waals surface area contributed by atoms with E-state index in [9.17, 15) is 18.3 Å². The predicted molar refractivity (Wildman–Crippen MR) is 54.7 cm³/mol. The van der Waals surface area contributed by atoms with Crippen molar-refractivity contribution in [3.8, 4) is 5.75 Å². The fourth-order valence-electron chi connectivity index (χ4n) is 1.13. The van der Waals surface area contributed by atoms with Crippen molar-refractivity contribution in [2.45, 2.75) is 12.7 Å². The van der Waals surface area contributed by atoms with Crippen molar-refractivity contribution in [1.29, 1.82) is 0 Å². The summed E-state index contributed by atoms with van der Waals surface area (Å²) in [6.45, 7) is 0.110. The third-order valence-electron chi connectivity index (χ3n) is 1.85. The summed E-state index contributed by atoms with van der Waals surface area (Å²) in [6, 6.07) is 2.25. The number of benzene rings is 1. The van der Waals surface area contributed by atoms with Gasteiger partial charge in [0.05, 0.1) is 17.1 Å². The van der Waals surface area contributed by atoms with Crippen LogP contribution in [-0.2, 0) is 17.6 Å². The van der Waals surface area contributed by atoms with Crippen LogP contribution in [-0.4, -0.2) is 12.2 Å². The van der Waals surface area contributed by atoms with E-state index in [0.29, 0.717) is 5.56 Å². The molecule has 1 aromatic carbocycles. The number of phenols is 1. The van der Waals surface area contributed by atoms with Crippen molar-refractivity contribution >= 4 is 15.9 Å². The zero-order chi connectivity index (χ0) is 12.3. The van der Waals surface area contributed by atoms with E-state index >= 15 is 0 Å². The molecular weight excluding hydrogens is 291 g/mol. The van der Waals surface area contributed by atoms with Crippen LogP contribution in [0.15, 0.2) is 16.6 Å². The van der Waals surface area contributed by atoms with Crippen LogP contribution in [0.2, 0.25) is 0 Å². The summed E-state index contributed by atoms with van der Waals surface area (Å²) in [5.41, 5.74) is 1.69. The van der Waals surface area contributed by atoms with Crippen LogP contribution in [0.1, 0.15) is 11.1 Å². The molecule has 3 nitrogen and oxygen atoms in total. The fraction of sp³-hybridized carbons (Fsp3) is 0.333. The summed E-state index contributed by atoms with van der Waals surface area (Å²) < 4.78 is 37.5. The molecule has 0 aromatic heterocycles. The van der Waals surface area contributed by atoms with Crippen molar-refractivity contribution in [2.24, 2.45) is 0 Å². The van der Waals surface area contributed by atoms with Gasteiger partial charge < -0.3 is 9.94 Å². The van der Waals surface area contributed by atoms with Crippen LogP contribution in [0.5, 0.6) is 5.75 Å². The summed E-state index contributed by atoms with van der Waals surface area (Å²) in [5.74, 6) is -0.811. The van der Waals surface area contributed by atoms with Gasteiger partial charge in [-0.25, -0.2) is 0 Å². The van der Waals surface area contributed by atoms with Gasteiger partial charge in [0.2, 0.25) is 0 Å². The molecule has 0 unspecified atom stereocenters. The maximum atomic E-state index is 12.5. The first-order valence-corrected chi connectivity index (χ1v) is 5.00. The molecular formula is C9H9BrF3NO2. The molecule has 0 saturated carbocycles. The van der Waals surface area contributed by atoms with Crippen molar-refractivity contribution in [1.82, 2.24) is 5.48 Å². The maximum absolute atomic E-state index is 12.5. The Bertz CT molecular complexity index is 382. The number of phenolic OH excluding ortho intramolecular Hbond substituents is 1. The Balaban J connectivity index is 3.12. The summed E-state index contributed by atoms with van der Waals surface area (Å²) in [7, 11) is 1.36. The average molecular weight is 300 g/mol. The van der Waals surface area contributed by atoms with E-state index < -0.39 is 17.5 Å². The first kappa shape index (κ1) is 13.3. The van der Waals surface area contributed by atoms with Crippen molar-refractivity contribution in [3.63, 3.8) is 0 Å². The zero-order valence-electron chi connectivity index (χ0n) is 8.23. The Morgan fingerprint density at radius 3 is 2.56 bits per heavy atom. The standard InChI is InChI=1S/C9H9BrF3NO2/c1-16-14-4-5-2-6(9(11,12)13)8(15)7(10)3-5/h2-3,14-15H,4H2,1H3. The number of hydroxylamine groups is 1. The van der Waals surface area contributed by atoms with E-state index in [1.165, 1.54) is 13.2 Å². The molecule has 0 heterocycles. The Morgan fingerprint density at radius 2 is 2.06 bits per heavy atom. The molecule has 90 valence electrons. The number of hydrogen-bond acceptors (Lipinski definition) is 3. The molecule has 0 spiro atoms. The van der Waals surface area contributed by atoms with Crippen LogP contribution >= 0.6 is 15.9 Å². The lowest BCUT2D eigenvalue weighted by Gasteiger charge is -2.12. The second kappa shape index (κ2) is 5.03. The molecule has 0 fully saturated rings. The van der Waals surface area contributed by atoms with Gasteiger partial charge in [0.25, 0.3) is 0 Å². The molecule has 0 amide bonds. The molecule has 0 aliphatic heterocycles. The van der Waals surface area contributed by atoms with Gasteiger partial charge in [-0.2, -0.15) is 18.7 Å². The van der Waals surface area contributed by atoms with E-state index in [1.54, 1.807) is 0 Å². The van der Waals surface area contributed by atoms with Gasteiger partial charge in [-0.1, -0.05) is 0 Å². The second-order valence-electron chi connectivity index (χ2n) is 3.00. The van der Waals surface area contributed by atoms with Crippen LogP contribution in [0.25, 0.3) is 0 Å². The Hall–Kier alpha value is -0.790. The zero-order valence-corrected chi connectivity index (χ0v) is 9.82. The second-order valence-corrected chi connectivity index (χ2v) is 3.85. The molecule has 1 aromatic rings. The van der Waals surface area contributed by atoms with E-state index in [-0.39, 0.29) is 11.0 Å². The summed E-state index contributed by atoms with van der Waals surface area (Å²) in [6.07, 6.45) is -4.59. The topological polar surface area (TPSA) is 41.5 Å². The highest BCUT2D eigenvalue weighted by atomic mass is 79.9.